The van der Waals surface area contributed by atoms with E-state index in [1.54, 1.807) is 0 Å². The van der Waals surface area contributed by atoms with Crippen molar-refractivity contribution < 1.29 is 13.5 Å². The quantitative estimate of drug-likeness (QED) is 0.135. The van der Waals surface area contributed by atoms with Gasteiger partial charge in [-0.3, -0.25) is 0 Å². The Hall–Kier alpha value is -2.71. The molecule has 0 radical (unpaired) electrons. The molecule has 60 heavy (non-hydrogen) atoms. The normalized spacial score (nSPS) is 18.7. The van der Waals surface area contributed by atoms with Crippen LogP contribution in [0.1, 0.15) is 186 Å². The van der Waals surface area contributed by atoms with Gasteiger partial charge in [0.15, 0.2) is 0 Å². The van der Waals surface area contributed by atoms with Crippen LogP contribution in [0.25, 0.3) is 5.57 Å². The van der Waals surface area contributed by atoms with Crippen LogP contribution in [0.15, 0.2) is 97.1 Å². The van der Waals surface area contributed by atoms with E-state index >= 15 is 0 Å². The topological polar surface area (TPSA) is 6.48 Å². The summed E-state index contributed by atoms with van der Waals surface area (Å²) in [5, 5.41) is 0. The Bertz CT molecular complexity index is 2020. The molecule has 7 rings (SSSR count). The predicted octanol–water partition coefficient (Wildman–Crippen LogP) is 16.8. The summed E-state index contributed by atoms with van der Waals surface area (Å²) in [5.74, 6) is 2.19. The van der Waals surface area contributed by atoms with Gasteiger partial charge >= 0.3 is 120 Å². The Morgan fingerprint density at radius 2 is 0.833 bits per heavy atom. The molecular formula is C55H74Cl2N2Ru-2. The van der Waals surface area contributed by atoms with Gasteiger partial charge in [0, 0.05) is 22.5 Å². The molecule has 5 heteroatoms. The van der Waals surface area contributed by atoms with Gasteiger partial charge in [-0.15, -0.1) is 10.8 Å². The van der Waals surface area contributed by atoms with Crippen molar-refractivity contribution in [1.82, 2.24) is 0 Å². The van der Waals surface area contributed by atoms with E-state index in [0.29, 0.717) is 23.7 Å². The second kappa shape index (κ2) is 19.0. The van der Waals surface area contributed by atoms with Crippen LogP contribution in [0.3, 0.4) is 0 Å². The van der Waals surface area contributed by atoms with Gasteiger partial charge in [-0.25, -0.2) is 13.1 Å². The van der Waals surface area contributed by atoms with Crippen molar-refractivity contribution in [3.63, 3.8) is 0 Å². The zero-order valence-corrected chi connectivity index (χ0v) is 42.9. The number of para-hydroxylation sites is 2. The van der Waals surface area contributed by atoms with Crippen molar-refractivity contribution in [3.05, 3.63) is 149 Å². The Labute approximate surface area is 379 Å². The number of nitrogens with zero attached hydrogens (tertiary/aromatic N) is 2. The predicted molar refractivity (Wildman–Crippen MR) is 264 cm³/mol. The molecule has 3 aliphatic rings. The van der Waals surface area contributed by atoms with Crippen molar-refractivity contribution in [2.45, 2.75) is 158 Å². The first-order valence-electron chi connectivity index (χ1n) is 22.2. The number of hydrogen-bond acceptors (Lipinski definition) is 2. The van der Waals surface area contributed by atoms with E-state index in [0.717, 1.165) is 4.11 Å². The SMILES string of the molecule is CC(C)c1cccc(C(C)C)c1N1[CH-]C(C)(C)CC1(C)C.CC(C)c1cccc(C(C)C)c1N1[CH-]C(C)(C)CC1(C)C.[Cl][Ru]([Cl])=[C]1C=C(c2ccccc2)c2ccccc21. The number of benzene rings is 4. The Kier molecular flexibility index (Phi) is 15.3. The second-order valence-electron chi connectivity index (χ2n) is 21.1. The molecule has 0 spiro atoms. The van der Waals surface area contributed by atoms with E-state index in [1.807, 2.05) is 24.3 Å². The monoisotopic (exact) mass is 934 g/mol. The first kappa shape index (κ1) is 48.3. The number of fused-ring (bicyclic) bond motifs is 1. The minimum absolute atomic E-state index is 0.179. The molecule has 328 valence electrons. The third-order valence-corrected chi connectivity index (χ3v) is 15.3. The molecule has 2 saturated heterocycles. The van der Waals surface area contributed by atoms with Crippen LogP contribution in [-0.2, 0) is 13.5 Å². The number of halogens is 2. The van der Waals surface area contributed by atoms with Gasteiger partial charge < -0.3 is 9.80 Å². The molecule has 2 heterocycles. The molecule has 0 N–H and O–H groups in total. The van der Waals surface area contributed by atoms with E-state index in [4.69, 9.17) is 19.4 Å². The molecule has 2 fully saturated rings. The number of anilines is 2. The van der Waals surface area contributed by atoms with E-state index < -0.39 is 13.5 Å². The van der Waals surface area contributed by atoms with E-state index in [1.165, 1.54) is 68.7 Å². The van der Waals surface area contributed by atoms with Gasteiger partial charge in [-0.1, -0.05) is 132 Å². The second-order valence-corrected chi connectivity index (χ2v) is 26.9. The van der Waals surface area contributed by atoms with Crippen molar-refractivity contribution in [2.75, 3.05) is 9.80 Å². The number of allylic oxidation sites excluding steroid dienone is 1. The van der Waals surface area contributed by atoms with Gasteiger partial charge in [-0.2, -0.15) is 0 Å². The fourth-order valence-corrected chi connectivity index (χ4v) is 12.5. The van der Waals surface area contributed by atoms with Gasteiger partial charge in [0.2, 0.25) is 0 Å². The zero-order valence-electron chi connectivity index (χ0n) is 39.6. The van der Waals surface area contributed by atoms with Crippen molar-refractivity contribution in [3.8, 4) is 0 Å². The first-order valence-corrected chi connectivity index (χ1v) is 27.5. The van der Waals surface area contributed by atoms with Crippen LogP contribution in [-0.4, -0.2) is 15.2 Å². The summed E-state index contributed by atoms with van der Waals surface area (Å²) in [5.41, 5.74) is 14.6. The van der Waals surface area contributed by atoms with E-state index in [-0.39, 0.29) is 21.9 Å². The third kappa shape index (κ3) is 10.9. The summed E-state index contributed by atoms with van der Waals surface area (Å²) < 4.78 is 1.12. The maximum absolute atomic E-state index is 6.19. The van der Waals surface area contributed by atoms with Crippen LogP contribution in [0, 0.1) is 23.9 Å². The average Bonchev–Trinajstić information content (AvgIpc) is 3.74. The molecule has 1 aliphatic carbocycles. The zero-order chi connectivity index (χ0) is 44.5. The summed E-state index contributed by atoms with van der Waals surface area (Å²) in [6, 6.07) is 32.3. The fraction of sp³-hybridized carbons (Fsp3) is 0.473. The Morgan fingerprint density at radius 3 is 1.15 bits per heavy atom. The third-order valence-electron chi connectivity index (χ3n) is 12.2. The Balaban J connectivity index is 0.000000171. The van der Waals surface area contributed by atoms with Crippen LogP contribution in [0.4, 0.5) is 11.4 Å². The molecule has 0 bridgehead atoms. The summed E-state index contributed by atoms with van der Waals surface area (Å²) in [6.07, 6.45) is 4.55. The summed E-state index contributed by atoms with van der Waals surface area (Å²) in [6.45, 7) is 42.2. The Morgan fingerprint density at radius 1 is 0.483 bits per heavy atom. The summed E-state index contributed by atoms with van der Waals surface area (Å²) in [7, 11) is 12.4. The van der Waals surface area contributed by atoms with Crippen LogP contribution in [0.2, 0.25) is 0 Å². The van der Waals surface area contributed by atoms with Crippen molar-refractivity contribution >= 4 is 40.4 Å². The van der Waals surface area contributed by atoms with Gasteiger partial charge in [0.05, 0.1) is 0 Å². The molecule has 0 atom stereocenters. The summed E-state index contributed by atoms with van der Waals surface area (Å²) in [4.78, 5) is 5.13. The van der Waals surface area contributed by atoms with Crippen LogP contribution < -0.4 is 9.80 Å². The molecule has 0 aromatic heterocycles. The molecule has 0 saturated carbocycles. The van der Waals surface area contributed by atoms with Crippen LogP contribution >= 0.6 is 19.4 Å². The van der Waals surface area contributed by atoms with Crippen molar-refractivity contribution in [2.24, 2.45) is 10.8 Å². The molecule has 4 aromatic rings. The fourth-order valence-electron chi connectivity index (χ4n) is 10.0. The van der Waals surface area contributed by atoms with Crippen molar-refractivity contribution in [1.29, 1.82) is 0 Å². The standard InChI is InChI=1S/2C20H32N.C15H10.2ClH.Ru/c2*1-14(2)16-10-9-11-17(15(3)4)18(16)21-13-19(5,6)12-20(21,7)8;1-2-6-12(7-3-1)15-11-10-13-8-4-5-9-14(13)15;;;/h2*9-11,13-15H,12H2,1-8H3;1-9,11H;2*1H;/q2*-1;;;;+2/p-2. The van der Waals surface area contributed by atoms with Crippen LogP contribution in [0.5, 0.6) is 0 Å². The molecule has 0 unspecified atom stereocenters. The molecular weight excluding hydrogens is 861 g/mol. The molecule has 2 nitrogen and oxygen atoms in total. The van der Waals surface area contributed by atoms with Gasteiger partial charge in [0.25, 0.3) is 0 Å². The van der Waals surface area contributed by atoms with E-state index in [9.17, 15) is 0 Å². The van der Waals surface area contributed by atoms with E-state index in [2.05, 4.69) is 206 Å². The molecule has 2 aliphatic heterocycles. The molecule has 0 amide bonds. The minimum atomic E-state index is -1.88. The molecule has 4 aromatic carbocycles. The van der Waals surface area contributed by atoms with Gasteiger partial charge in [0.1, 0.15) is 0 Å². The maximum atomic E-state index is 6.19. The average molecular weight is 935 g/mol. The van der Waals surface area contributed by atoms with Gasteiger partial charge in [-0.05, 0) is 73.6 Å². The first-order chi connectivity index (χ1) is 27.9. The number of hydrogen-bond donors (Lipinski definition) is 0. The summed E-state index contributed by atoms with van der Waals surface area (Å²) >= 11 is -1.88. The number of rotatable bonds is 7.